The number of alkyl halides is 3. The summed E-state index contributed by atoms with van der Waals surface area (Å²) in [5.41, 5.74) is -0.0623. The summed E-state index contributed by atoms with van der Waals surface area (Å²) >= 11 is 4.88. The predicted molar refractivity (Wildman–Crippen MR) is 92.5 cm³/mol. The average molecular weight is 368 g/mol. The van der Waals surface area contributed by atoms with Crippen LogP contribution in [0.1, 0.15) is 11.1 Å². The van der Waals surface area contributed by atoms with Crippen molar-refractivity contribution in [2.75, 3.05) is 11.9 Å². The highest BCUT2D eigenvalue weighted by Crippen LogP contribution is 2.34. The van der Waals surface area contributed by atoms with Gasteiger partial charge in [0.15, 0.2) is 11.7 Å². The molecule has 0 radical (unpaired) electrons. The van der Waals surface area contributed by atoms with E-state index < -0.39 is 17.6 Å². The molecule has 2 aromatic rings. The van der Waals surface area contributed by atoms with Crippen molar-refractivity contribution in [3.8, 4) is 5.75 Å². The van der Waals surface area contributed by atoms with E-state index in [0.717, 1.165) is 11.6 Å². The number of halogens is 3. The molecule has 0 saturated carbocycles. The number of rotatable bonds is 4. The maximum Gasteiger partial charge on any atom is 0.418 e. The van der Waals surface area contributed by atoms with Gasteiger partial charge in [0.1, 0.15) is 5.75 Å². The largest absolute Gasteiger partial charge is 0.484 e. The van der Waals surface area contributed by atoms with E-state index >= 15 is 0 Å². The van der Waals surface area contributed by atoms with Gasteiger partial charge in [0.25, 0.3) is 5.91 Å². The van der Waals surface area contributed by atoms with Crippen LogP contribution in [0.4, 0.5) is 18.9 Å². The Hall–Kier alpha value is -2.61. The van der Waals surface area contributed by atoms with Crippen molar-refractivity contribution >= 4 is 28.9 Å². The molecule has 0 aliphatic heterocycles. The molecule has 0 heterocycles. The highest BCUT2D eigenvalue weighted by molar-refractivity contribution is 7.80. The van der Waals surface area contributed by atoms with Gasteiger partial charge in [0.05, 0.1) is 11.3 Å². The number of ether oxygens (including phenoxy) is 1. The number of para-hydroxylation sites is 1. The summed E-state index contributed by atoms with van der Waals surface area (Å²) in [7, 11) is 0. The number of hydrogen-bond acceptors (Lipinski definition) is 3. The van der Waals surface area contributed by atoms with E-state index in [9.17, 15) is 18.0 Å². The smallest absolute Gasteiger partial charge is 0.418 e. The molecule has 0 aliphatic rings. The molecule has 0 fully saturated rings. The van der Waals surface area contributed by atoms with Gasteiger partial charge >= 0.3 is 6.18 Å². The molecule has 2 rings (SSSR count). The fraction of sp³-hybridized carbons (Fsp3) is 0.176. The molecule has 132 valence electrons. The molecule has 0 spiro atoms. The van der Waals surface area contributed by atoms with Crippen LogP contribution in [0.15, 0.2) is 48.5 Å². The lowest BCUT2D eigenvalue weighted by Gasteiger charge is -2.15. The zero-order chi connectivity index (χ0) is 18.4. The predicted octanol–water partition coefficient (Wildman–Crippen LogP) is 3.91. The molecular weight excluding hydrogens is 353 g/mol. The fourth-order valence-electron chi connectivity index (χ4n) is 1.94. The maximum atomic E-state index is 12.9. The first-order valence-corrected chi connectivity index (χ1v) is 7.63. The molecule has 2 N–H and O–H groups in total. The summed E-state index contributed by atoms with van der Waals surface area (Å²) < 4.78 is 44.0. The normalized spacial score (nSPS) is 10.9. The standard InChI is InChI=1S/C17H15F3N2O2S/c1-11-6-8-12(9-7-11)24-10-15(23)22-16(25)21-14-5-3-2-4-13(14)17(18,19)20/h2-9H,10H2,1H3,(H2,21,22,23,25). The average Bonchev–Trinajstić information content (AvgIpc) is 2.53. The second-order valence-corrected chi connectivity index (χ2v) is 5.56. The molecule has 25 heavy (non-hydrogen) atoms. The Kier molecular flexibility index (Phi) is 5.97. The number of carbonyl (C=O) groups excluding carboxylic acids is 1. The minimum atomic E-state index is -4.53. The summed E-state index contributed by atoms with van der Waals surface area (Å²) in [6, 6.07) is 11.9. The minimum absolute atomic E-state index is 0.236. The van der Waals surface area contributed by atoms with Gasteiger partial charge in [-0.05, 0) is 43.4 Å². The number of aryl methyl sites for hydroxylation is 1. The van der Waals surface area contributed by atoms with Gasteiger partial charge in [0.2, 0.25) is 0 Å². The van der Waals surface area contributed by atoms with E-state index in [2.05, 4.69) is 10.6 Å². The first kappa shape index (κ1) is 18.7. The first-order chi connectivity index (χ1) is 11.8. The molecule has 0 aliphatic carbocycles. The molecule has 0 saturated heterocycles. The van der Waals surface area contributed by atoms with Crippen molar-refractivity contribution in [3.63, 3.8) is 0 Å². The molecule has 0 unspecified atom stereocenters. The zero-order valence-corrected chi connectivity index (χ0v) is 14.0. The second kappa shape index (κ2) is 7.98. The van der Waals surface area contributed by atoms with Crippen LogP contribution in [0.5, 0.6) is 5.75 Å². The third-order valence-electron chi connectivity index (χ3n) is 3.12. The molecule has 2 aromatic carbocycles. The Labute approximate surface area is 148 Å². The molecule has 1 amide bonds. The van der Waals surface area contributed by atoms with Gasteiger partial charge in [-0.2, -0.15) is 13.2 Å². The van der Waals surface area contributed by atoms with Crippen LogP contribution in [0.25, 0.3) is 0 Å². The van der Waals surface area contributed by atoms with E-state index in [-0.39, 0.29) is 17.4 Å². The van der Waals surface area contributed by atoms with Crippen LogP contribution in [0.3, 0.4) is 0 Å². The lowest BCUT2D eigenvalue weighted by atomic mass is 10.2. The lowest BCUT2D eigenvalue weighted by Crippen LogP contribution is -2.37. The number of thiocarbonyl (C=S) groups is 1. The second-order valence-electron chi connectivity index (χ2n) is 5.15. The molecule has 8 heteroatoms. The van der Waals surface area contributed by atoms with Crippen molar-refractivity contribution in [3.05, 3.63) is 59.7 Å². The SMILES string of the molecule is Cc1ccc(OCC(=O)NC(=S)Nc2ccccc2C(F)(F)F)cc1. The highest BCUT2D eigenvalue weighted by Gasteiger charge is 2.33. The number of anilines is 1. The van der Waals surface area contributed by atoms with Crippen molar-refractivity contribution in [2.45, 2.75) is 13.1 Å². The van der Waals surface area contributed by atoms with Crippen LogP contribution in [-0.4, -0.2) is 17.6 Å². The van der Waals surface area contributed by atoms with Crippen LogP contribution in [0.2, 0.25) is 0 Å². The van der Waals surface area contributed by atoms with Gasteiger partial charge in [-0.15, -0.1) is 0 Å². The molecular formula is C17H15F3N2O2S. The number of benzene rings is 2. The quantitative estimate of drug-likeness (QED) is 0.804. The number of amides is 1. The Morgan fingerprint density at radius 3 is 2.40 bits per heavy atom. The van der Waals surface area contributed by atoms with Crippen LogP contribution in [-0.2, 0) is 11.0 Å². The number of hydrogen-bond donors (Lipinski definition) is 2. The summed E-state index contributed by atoms with van der Waals surface area (Å²) in [5, 5.41) is 4.41. The van der Waals surface area contributed by atoms with Crippen molar-refractivity contribution in [1.82, 2.24) is 5.32 Å². The third-order valence-corrected chi connectivity index (χ3v) is 3.33. The van der Waals surface area contributed by atoms with Gasteiger partial charge in [0, 0.05) is 0 Å². The topological polar surface area (TPSA) is 50.4 Å². The summed E-state index contributed by atoms with van der Waals surface area (Å²) in [5.74, 6) is -0.0791. The van der Waals surface area contributed by atoms with Gasteiger partial charge < -0.3 is 10.1 Å². The monoisotopic (exact) mass is 368 g/mol. The Morgan fingerprint density at radius 1 is 1.12 bits per heavy atom. The molecule has 0 aromatic heterocycles. The van der Waals surface area contributed by atoms with Crippen LogP contribution in [0, 0.1) is 6.92 Å². The lowest BCUT2D eigenvalue weighted by molar-refractivity contribution is -0.136. The van der Waals surface area contributed by atoms with Gasteiger partial charge in [-0.25, -0.2) is 0 Å². The summed E-state index contributed by atoms with van der Waals surface area (Å²) in [4.78, 5) is 11.8. The van der Waals surface area contributed by atoms with E-state index in [1.54, 1.807) is 12.1 Å². The zero-order valence-electron chi connectivity index (χ0n) is 13.2. The van der Waals surface area contributed by atoms with Crippen LogP contribution < -0.4 is 15.4 Å². The first-order valence-electron chi connectivity index (χ1n) is 7.22. The Morgan fingerprint density at radius 2 is 1.76 bits per heavy atom. The van der Waals surface area contributed by atoms with Crippen molar-refractivity contribution in [1.29, 1.82) is 0 Å². The fourth-order valence-corrected chi connectivity index (χ4v) is 2.16. The Bertz CT molecular complexity index is 761. The number of carbonyl (C=O) groups is 1. The summed E-state index contributed by atoms with van der Waals surface area (Å²) in [6.07, 6.45) is -4.53. The molecule has 0 bridgehead atoms. The number of nitrogens with one attached hydrogen (secondary N) is 2. The van der Waals surface area contributed by atoms with E-state index in [0.29, 0.717) is 5.75 Å². The molecule has 0 atom stereocenters. The highest BCUT2D eigenvalue weighted by atomic mass is 32.1. The van der Waals surface area contributed by atoms with Gasteiger partial charge in [-0.1, -0.05) is 29.8 Å². The van der Waals surface area contributed by atoms with Crippen molar-refractivity contribution in [2.24, 2.45) is 0 Å². The third kappa shape index (κ3) is 5.75. The molecule has 4 nitrogen and oxygen atoms in total. The minimum Gasteiger partial charge on any atom is -0.484 e. The summed E-state index contributed by atoms with van der Waals surface area (Å²) in [6.45, 7) is 1.60. The Balaban J connectivity index is 1.90. The van der Waals surface area contributed by atoms with Crippen molar-refractivity contribution < 1.29 is 22.7 Å². The van der Waals surface area contributed by atoms with E-state index in [1.165, 1.54) is 18.2 Å². The van der Waals surface area contributed by atoms with E-state index in [1.807, 2.05) is 19.1 Å². The maximum absolute atomic E-state index is 12.9. The van der Waals surface area contributed by atoms with E-state index in [4.69, 9.17) is 17.0 Å². The van der Waals surface area contributed by atoms with Crippen LogP contribution >= 0.6 is 12.2 Å². The van der Waals surface area contributed by atoms with Gasteiger partial charge in [-0.3, -0.25) is 10.1 Å².